The highest BCUT2D eigenvalue weighted by Gasteiger charge is 2.11. The summed E-state index contributed by atoms with van der Waals surface area (Å²) in [5.74, 6) is -0.0357. The average Bonchev–Trinajstić information content (AvgIpc) is 2.86. The molecule has 1 heterocycles. The van der Waals surface area contributed by atoms with Gasteiger partial charge in [-0.15, -0.1) is 11.3 Å². The van der Waals surface area contributed by atoms with Gasteiger partial charge in [0.1, 0.15) is 0 Å². The largest absolute Gasteiger partial charge is 0.347 e. The van der Waals surface area contributed by atoms with E-state index in [0.29, 0.717) is 6.54 Å². The molecule has 1 N–H and O–H groups in total. The summed E-state index contributed by atoms with van der Waals surface area (Å²) in [7, 11) is -3.02. The van der Waals surface area contributed by atoms with Gasteiger partial charge in [0.2, 0.25) is 0 Å². The Morgan fingerprint density at radius 2 is 1.78 bits per heavy atom. The van der Waals surface area contributed by atoms with Gasteiger partial charge in [-0.05, 0) is 36.1 Å². The fourth-order valence-corrected chi connectivity index (χ4v) is 4.14. The van der Waals surface area contributed by atoms with E-state index in [-0.39, 0.29) is 11.7 Å². The van der Waals surface area contributed by atoms with Gasteiger partial charge < -0.3 is 5.32 Å². The first-order chi connectivity index (χ1) is 10.8. The Morgan fingerprint density at radius 3 is 2.30 bits per heavy atom. The number of thiophene rings is 1. The number of aryl methyl sites for hydroxylation is 2. The molecule has 124 valence electrons. The van der Waals surface area contributed by atoms with E-state index in [0.717, 1.165) is 28.0 Å². The lowest BCUT2D eigenvalue weighted by molar-refractivity contribution is 0.0955. The van der Waals surface area contributed by atoms with E-state index in [1.807, 2.05) is 25.1 Å². The van der Waals surface area contributed by atoms with Crippen LogP contribution < -0.4 is 5.32 Å². The number of carbonyl (C=O) groups is 1. The zero-order valence-electron chi connectivity index (χ0n) is 13.5. The average molecular weight is 351 g/mol. The van der Waals surface area contributed by atoms with Crippen molar-refractivity contribution in [3.63, 3.8) is 0 Å². The molecule has 0 saturated carbocycles. The fourth-order valence-electron chi connectivity index (χ4n) is 2.31. The van der Waals surface area contributed by atoms with Crippen molar-refractivity contribution in [3.8, 4) is 0 Å². The normalized spacial score (nSPS) is 11.4. The molecule has 23 heavy (non-hydrogen) atoms. The molecule has 2 aromatic rings. The van der Waals surface area contributed by atoms with Crippen molar-refractivity contribution in [2.24, 2.45) is 0 Å². The molecule has 0 spiro atoms. The third kappa shape index (κ3) is 5.18. The van der Waals surface area contributed by atoms with Crippen molar-refractivity contribution in [1.29, 1.82) is 0 Å². The molecule has 0 unspecified atom stereocenters. The Kier molecular flexibility index (Phi) is 5.59. The van der Waals surface area contributed by atoms with E-state index >= 15 is 0 Å². The highest BCUT2D eigenvalue weighted by molar-refractivity contribution is 7.89. The van der Waals surface area contributed by atoms with Gasteiger partial charge in [0.15, 0.2) is 9.84 Å². The first-order valence-corrected chi connectivity index (χ1v) is 10.3. The first kappa shape index (κ1) is 17.7. The number of amides is 1. The highest BCUT2D eigenvalue weighted by atomic mass is 32.2. The number of sulfone groups is 1. The molecule has 0 aliphatic carbocycles. The molecule has 6 heteroatoms. The molecule has 1 amide bonds. The van der Waals surface area contributed by atoms with Gasteiger partial charge in [-0.3, -0.25) is 4.79 Å². The third-order valence-electron chi connectivity index (χ3n) is 3.47. The minimum Gasteiger partial charge on any atom is -0.347 e. The van der Waals surface area contributed by atoms with E-state index in [1.54, 1.807) is 12.1 Å². The predicted octanol–water partition coefficient (Wildman–Crippen LogP) is 3.09. The van der Waals surface area contributed by atoms with Gasteiger partial charge in [-0.25, -0.2) is 8.42 Å². The lowest BCUT2D eigenvalue weighted by Crippen LogP contribution is -2.21. The van der Waals surface area contributed by atoms with Crippen LogP contribution in [-0.2, 0) is 28.6 Å². The van der Waals surface area contributed by atoms with Crippen LogP contribution >= 0.6 is 11.3 Å². The Labute approximate surface area is 141 Å². The number of hydrogen-bond donors (Lipinski definition) is 1. The maximum absolute atomic E-state index is 12.2. The van der Waals surface area contributed by atoms with Crippen molar-refractivity contribution in [1.82, 2.24) is 5.32 Å². The zero-order valence-corrected chi connectivity index (χ0v) is 15.2. The number of carbonyl (C=O) groups excluding carboxylic acids is 1. The summed E-state index contributed by atoms with van der Waals surface area (Å²) in [5.41, 5.74) is 2.86. The summed E-state index contributed by atoms with van der Waals surface area (Å²) in [6.07, 6.45) is 2.15. The van der Waals surface area contributed by atoms with Crippen molar-refractivity contribution in [3.05, 3.63) is 56.8 Å². The predicted molar refractivity (Wildman–Crippen MR) is 94.6 cm³/mol. The van der Waals surface area contributed by atoms with Gasteiger partial charge in [-0.1, -0.05) is 31.2 Å². The fraction of sp³-hybridized carbons (Fsp3) is 0.353. The lowest BCUT2D eigenvalue weighted by Gasteiger charge is -2.05. The minimum atomic E-state index is -3.02. The summed E-state index contributed by atoms with van der Waals surface area (Å²) in [6.45, 7) is 4.53. The van der Waals surface area contributed by atoms with Crippen molar-refractivity contribution >= 4 is 27.1 Å². The minimum absolute atomic E-state index is 0.0356. The zero-order chi connectivity index (χ0) is 17.0. The summed E-state index contributed by atoms with van der Waals surface area (Å²) in [6, 6.07) is 9.18. The third-order valence-corrected chi connectivity index (χ3v) is 5.71. The molecule has 0 atom stereocenters. The smallest absolute Gasteiger partial charge is 0.261 e. The first-order valence-electron chi connectivity index (χ1n) is 7.41. The van der Waals surface area contributed by atoms with Crippen molar-refractivity contribution < 1.29 is 13.2 Å². The Balaban J connectivity index is 1.96. The standard InChI is InChI=1S/C17H21NO3S2/c1-4-15-12(2)9-16(22-15)17(19)18-10-13-5-7-14(8-6-13)11-23(3,20)21/h5-9H,4,10-11H2,1-3H3,(H,18,19). The van der Waals surface area contributed by atoms with Crippen molar-refractivity contribution in [2.45, 2.75) is 32.6 Å². The maximum Gasteiger partial charge on any atom is 0.261 e. The van der Waals surface area contributed by atoms with E-state index < -0.39 is 9.84 Å². The van der Waals surface area contributed by atoms with Crippen LogP contribution in [-0.4, -0.2) is 20.6 Å². The van der Waals surface area contributed by atoms with Gasteiger partial charge in [-0.2, -0.15) is 0 Å². The van der Waals surface area contributed by atoms with Gasteiger partial charge in [0.25, 0.3) is 5.91 Å². The van der Waals surface area contributed by atoms with E-state index in [1.165, 1.54) is 22.5 Å². The highest BCUT2D eigenvalue weighted by Crippen LogP contribution is 2.22. The quantitative estimate of drug-likeness (QED) is 0.870. The second kappa shape index (κ2) is 7.27. The number of rotatable bonds is 6. The number of hydrogen-bond acceptors (Lipinski definition) is 4. The molecule has 0 aliphatic rings. The topological polar surface area (TPSA) is 63.2 Å². The SMILES string of the molecule is CCc1sc(C(=O)NCc2ccc(CS(C)(=O)=O)cc2)cc1C. The van der Waals surface area contributed by atoms with E-state index in [9.17, 15) is 13.2 Å². The van der Waals surface area contributed by atoms with Crippen LogP contribution in [0.25, 0.3) is 0 Å². The molecule has 1 aromatic carbocycles. The molecule has 0 bridgehead atoms. The summed E-state index contributed by atoms with van der Waals surface area (Å²) in [5, 5.41) is 2.90. The van der Waals surface area contributed by atoms with Crippen LogP contribution in [0.5, 0.6) is 0 Å². The van der Waals surface area contributed by atoms with E-state index in [4.69, 9.17) is 0 Å². The second-order valence-corrected chi connectivity index (χ2v) is 8.92. The lowest BCUT2D eigenvalue weighted by atomic mass is 10.1. The van der Waals surface area contributed by atoms with E-state index in [2.05, 4.69) is 12.2 Å². The van der Waals surface area contributed by atoms with Gasteiger partial charge in [0.05, 0.1) is 10.6 Å². The maximum atomic E-state index is 12.2. The van der Waals surface area contributed by atoms with Crippen LogP contribution in [0, 0.1) is 6.92 Å². The Bertz CT molecular complexity index is 790. The Morgan fingerprint density at radius 1 is 1.17 bits per heavy atom. The molecular formula is C17H21NO3S2. The molecule has 0 radical (unpaired) electrons. The van der Waals surface area contributed by atoms with Crippen LogP contribution in [0.1, 0.15) is 38.2 Å². The molecule has 0 fully saturated rings. The van der Waals surface area contributed by atoms with Crippen LogP contribution in [0.3, 0.4) is 0 Å². The summed E-state index contributed by atoms with van der Waals surface area (Å²) >= 11 is 1.53. The van der Waals surface area contributed by atoms with Crippen molar-refractivity contribution in [2.75, 3.05) is 6.26 Å². The van der Waals surface area contributed by atoms with Gasteiger partial charge in [0, 0.05) is 17.7 Å². The monoisotopic (exact) mass is 351 g/mol. The number of nitrogens with one attached hydrogen (secondary N) is 1. The summed E-state index contributed by atoms with van der Waals surface area (Å²) < 4.78 is 22.5. The van der Waals surface area contributed by atoms with Crippen LogP contribution in [0.2, 0.25) is 0 Å². The second-order valence-electron chi connectivity index (χ2n) is 5.64. The Hall–Kier alpha value is -1.66. The van der Waals surface area contributed by atoms with Gasteiger partial charge >= 0.3 is 0 Å². The molecular weight excluding hydrogens is 330 g/mol. The number of benzene rings is 1. The summed E-state index contributed by atoms with van der Waals surface area (Å²) in [4.78, 5) is 14.1. The molecule has 1 aromatic heterocycles. The molecule has 4 nitrogen and oxygen atoms in total. The molecule has 2 rings (SSSR count). The van der Waals surface area contributed by atoms with Crippen LogP contribution in [0.4, 0.5) is 0 Å². The molecule has 0 saturated heterocycles. The molecule has 0 aliphatic heterocycles. The van der Waals surface area contributed by atoms with Crippen LogP contribution in [0.15, 0.2) is 30.3 Å².